The van der Waals surface area contributed by atoms with Crippen LogP contribution in [0.5, 0.6) is 11.5 Å². The van der Waals surface area contributed by atoms with Crippen molar-refractivity contribution in [3.05, 3.63) is 23.8 Å². The van der Waals surface area contributed by atoms with Gasteiger partial charge >= 0.3 is 0 Å². The Balaban J connectivity index is 2.45. The van der Waals surface area contributed by atoms with E-state index < -0.39 is 24.1 Å². The molecule has 1 aromatic rings. The number of rotatable bonds is 6. The molecular formula is C18H24N2O6. The first-order valence-electron chi connectivity index (χ1n) is 8.20. The molecule has 0 radical (unpaired) electrons. The molecule has 1 fully saturated rings. The monoisotopic (exact) mass is 364 g/mol. The molecule has 1 aliphatic rings. The molecule has 1 saturated heterocycles. The summed E-state index contributed by atoms with van der Waals surface area (Å²) >= 11 is 0. The zero-order valence-electron chi connectivity index (χ0n) is 15.6. The summed E-state index contributed by atoms with van der Waals surface area (Å²) in [7, 11) is 4.52. The Labute approximate surface area is 152 Å². The van der Waals surface area contributed by atoms with Gasteiger partial charge in [0.05, 0.1) is 14.2 Å². The van der Waals surface area contributed by atoms with Crippen LogP contribution in [-0.4, -0.2) is 67.7 Å². The van der Waals surface area contributed by atoms with Crippen LogP contribution in [0.25, 0.3) is 0 Å². The molecule has 3 amide bonds. The molecule has 0 N–H and O–H groups in total. The van der Waals surface area contributed by atoms with Crippen LogP contribution in [0.4, 0.5) is 0 Å². The van der Waals surface area contributed by atoms with Crippen molar-refractivity contribution in [1.82, 2.24) is 9.80 Å². The number of carbonyl (C=O) groups is 3. The lowest BCUT2D eigenvalue weighted by atomic mass is 9.99. The van der Waals surface area contributed by atoms with Crippen molar-refractivity contribution >= 4 is 17.7 Å². The fourth-order valence-corrected chi connectivity index (χ4v) is 3.04. The summed E-state index contributed by atoms with van der Waals surface area (Å²) in [6.45, 7) is 2.67. The van der Waals surface area contributed by atoms with E-state index in [9.17, 15) is 14.4 Å². The van der Waals surface area contributed by atoms with Crippen molar-refractivity contribution in [3.63, 3.8) is 0 Å². The third-order valence-electron chi connectivity index (χ3n) is 4.48. The second-order valence-corrected chi connectivity index (χ2v) is 5.98. The van der Waals surface area contributed by atoms with Crippen LogP contribution in [0.3, 0.4) is 0 Å². The third-order valence-corrected chi connectivity index (χ3v) is 4.48. The number of imide groups is 1. The number of hydrogen-bond donors (Lipinski definition) is 0. The highest BCUT2D eigenvalue weighted by molar-refractivity contribution is 6.04. The van der Waals surface area contributed by atoms with Gasteiger partial charge in [-0.1, -0.05) is 0 Å². The molecule has 2 atom stereocenters. The van der Waals surface area contributed by atoms with Crippen LogP contribution >= 0.6 is 0 Å². The molecule has 1 aliphatic heterocycles. The van der Waals surface area contributed by atoms with Gasteiger partial charge in [-0.25, -0.2) is 0 Å². The summed E-state index contributed by atoms with van der Waals surface area (Å²) < 4.78 is 15.9. The number of carbonyl (C=O) groups excluding carboxylic acids is 3. The molecule has 1 aromatic carbocycles. The Morgan fingerprint density at radius 2 is 1.92 bits per heavy atom. The molecule has 0 aromatic heterocycles. The first-order chi connectivity index (χ1) is 12.3. The molecule has 1 heterocycles. The summed E-state index contributed by atoms with van der Waals surface area (Å²) in [6.07, 6.45) is -0.440. The van der Waals surface area contributed by atoms with Crippen LogP contribution in [0.2, 0.25) is 0 Å². The van der Waals surface area contributed by atoms with Crippen molar-refractivity contribution in [2.45, 2.75) is 32.5 Å². The zero-order chi connectivity index (χ0) is 19.4. The zero-order valence-corrected chi connectivity index (χ0v) is 15.6. The SMILES string of the molecule is COc1ccc(OC)c(CC2C(=O)N(C(C)=O)CC(=O)N2C(C)OC)c1. The Morgan fingerprint density at radius 1 is 1.23 bits per heavy atom. The molecule has 0 aliphatic carbocycles. The Morgan fingerprint density at radius 3 is 2.46 bits per heavy atom. The van der Waals surface area contributed by atoms with E-state index in [0.717, 1.165) is 4.90 Å². The predicted molar refractivity (Wildman–Crippen MR) is 92.7 cm³/mol. The van der Waals surface area contributed by atoms with Crippen molar-refractivity contribution in [2.24, 2.45) is 0 Å². The summed E-state index contributed by atoms with van der Waals surface area (Å²) in [5.74, 6) is -0.0799. The Hall–Kier alpha value is -2.61. The minimum Gasteiger partial charge on any atom is -0.497 e. The van der Waals surface area contributed by atoms with Crippen LogP contribution in [-0.2, 0) is 25.5 Å². The molecular weight excluding hydrogens is 340 g/mol. The molecule has 142 valence electrons. The topological polar surface area (TPSA) is 85.4 Å². The third kappa shape index (κ3) is 3.80. The number of hydrogen-bond acceptors (Lipinski definition) is 6. The molecule has 26 heavy (non-hydrogen) atoms. The largest absolute Gasteiger partial charge is 0.497 e. The minimum absolute atomic E-state index is 0.169. The lowest BCUT2D eigenvalue weighted by Crippen LogP contribution is -2.64. The molecule has 8 heteroatoms. The van der Waals surface area contributed by atoms with Crippen LogP contribution in [0.15, 0.2) is 18.2 Å². The number of piperazine rings is 1. The predicted octanol–water partition coefficient (Wildman–Crippen LogP) is 0.825. The summed E-state index contributed by atoms with van der Waals surface area (Å²) in [6, 6.07) is 4.35. The van der Waals surface area contributed by atoms with E-state index >= 15 is 0 Å². The standard InChI is InChI=1S/C18H24N2O6/c1-11(21)19-10-17(22)20(12(2)24-3)15(18(19)23)9-13-8-14(25-4)6-7-16(13)26-5/h6-8,12,15H,9-10H2,1-5H3. The molecule has 2 unspecified atom stereocenters. The van der Waals surface area contributed by atoms with E-state index in [1.54, 1.807) is 25.1 Å². The number of ether oxygens (including phenoxy) is 3. The molecule has 0 saturated carbocycles. The van der Waals surface area contributed by atoms with Crippen molar-refractivity contribution in [1.29, 1.82) is 0 Å². The first kappa shape index (κ1) is 19.7. The number of methoxy groups -OCH3 is 3. The number of nitrogens with zero attached hydrogens (tertiary/aromatic N) is 2. The summed E-state index contributed by atoms with van der Waals surface area (Å²) in [4.78, 5) is 39.6. The van der Waals surface area contributed by atoms with Gasteiger partial charge in [-0.15, -0.1) is 0 Å². The average molecular weight is 364 g/mol. The molecule has 2 rings (SSSR count). The smallest absolute Gasteiger partial charge is 0.252 e. The van der Waals surface area contributed by atoms with Crippen LogP contribution in [0.1, 0.15) is 19.4 Å². The van der Waals surface area contributed by atoms with Gasteiger partial charge in [0, 0.05) is 26.0 Å². The molecule has 0 bridgehead atoms. The maximum Gasteiger partial charge on any atom is 0.252 e. The van der Waals surface area contributed by atoms with E-state index in [1.165, 1.54) is 33.2 Å². The van der Waals surface area contributed by atoms with Crippen molar-refractivity contribution in [3.8, 4) is 11.5 Å². The highest BCUT2D eigenvalue weighted by atomic mass is 16.5. The Bertz CT molecular complexity index is 705. The second kappa shape index (κ2) is 8.18. The second-order valence-electron chi connectivity index (χ2n) is 5.98. The van der Waals surface area contributed by atoms with E-state index in [2.05, 4.69) is 0 Å². The van der Waals surface area contributed by atoms with Gasteiger partial charge < -0.3 is 19.1 Å². The fraction of sp³-hybridized carbons (Fsp3) is 0.500. The maximum absolute atomic E-state index is 12.9. The van der Waals surface area contributed by atoms with Crippen LogP contribution in [0, 0.1) is 0 Å². The average Bonchev–Trinajstić information content (AvgIpc) is 2.63. The van der Waals surface area contributed by atoms with Gasteiger partial charge in [0.2, 0.25) is 11.8 Å². The Kier molecular flexibility index (Phi) is 6.20. The van der Waals surface area contributed by atoms with Crippen LogP contribution < -0.4 is 9.47 Å². The fourth-order valence-electron chi connectivity index (χ4n) is 3.04. The molecule has 8 nitrogen and oxygen atoms in total. The van der Waals surface area contributed by atoms with Gasteiger partial charge in [-0.3, -0.25) is 19.3 Å². The van der Waals surface area contributed by atoms with E-state index in [4.69, 9.17) is 14.2 Å². The van der Waals surface area contributed by atoms with Gasteiger partial charge in [-0.05, 0) is 25.1 Å². The maximum atomic E-state index is 12.9. The number of amides is 3. The van der Waals surface area contributed by atoms with Gasteiger partial charge in [0.15, 0.2) is 0 Å². The van der Waals surface area contributed by atoms with Crippen molar-refractivity contribution in [2.75, 3.05) is 27.9 Å². The summed E-state index contributed by atoms with van der Waals surface area (Å²) in [5.41, 5.74) is 0.691. The van der Waals surface area contributed by atoms with E-state index in [1.807, 2.05) is 0 Å². The highest BCUT2D eigenvalue weighted by Gasteiger charge is 2.43. The van der Waals surface area contributed by atoms with Crippen molar-refractivity contribution < 1.29 is 28.6 Å². The lowest BCUT2D eigenvalue weighted by Gasteiger charge is -2.41. The summed E-state index contributed by atoms with van der Waals surface area (Å²) in [5, 5.41) is 0. The van der Waals surface area contributed by atoms with E-state index in [0.29, 0.717) is 17.1 Å². The van der Waals surface area contributed by atoms with Gasteiger partial charge in [0.25, 0.3) is 5.91 Å². The minimum atomic E-state index is -0.879. The normalized spacial score (nSPS) is 18.7. The molecule has 0 spiro atoms. The van der Waals surface area contributed by atoms with E-state index in [-0.39, 0.29) is 18.9 Å². The quantitative estimate of drug-likeness (QED) is 0.743. The first-order valence-corrected chi connectivity index (χ1v) is 8.20. The van der Waals surface area contributed by atoms with Gasteiger partial charge in [-0.2, -0.15) is 0 Å². The highest BCUT2D eigenvalue weighted by Crippen LogP contribution is 2.28. The van der Waals surface area contributed by atoms with Gasteiger partial charge in [0.1, 0.15) is 30.3 Å². The lowest BCUT2D eigenvalue weighted by molar-refractivity contribution is -0.171. The number of benzene rings is 1.